The van der Waals surface area contributed by atoms with Gasteiger partial charge in [-0.15, -0.1) is 0 Å². The molecule has 4 aromatic rings. The minimum atomic E-state index is -4.40. The van der Waals surface area contributed by atoms with Crippen LogP contribution in [0.1, 0.15) is 21.5 Å². The second-order valence-electron chi connectivity index (χ2n) is 7.62. The van der Waals surface area contributed by atoms with Gasteiger partial charge in [0.05, 0.1) is 20.8 Å². The van der Waals surface area contributed by atoms with Gasteiger partial charge in [-0.2, -0.15) is 0 Å². The van der Waals surface area contributed by atoms with Crippen LogP contribution in [-0.4, -0.2) is 19.1 Å². The quantitative estimate of drug-likeness (QED) is 0.148. The van der Waals surface area contributed by atoms with Gasteiger partial charge in [0.15, 0.2) is 5.43 Å². The number of rotatable bonds is 6. The van der Waals surface area contributed by atoms with Gasteiger partial charge in [-0.3, -0.25) is 19.7 Å². The number of hydrogen-bond donors (Lipinski definition) is 0. The van der Waals surface area contributed by atoms with Crippen LogP contribution in [0.15, 0.2) is 92.0 Å². The number of carbonyl (C=O) groups excluding carboxylic acids is 1. The number of sulfone groups is 1. The molecule has 1 heterocycles. The Bertz CT molecular complexity index is 1670. The zero-order chi connectivity index (χ0) is 25.3. The molecule has 0 aliphatic carbocycles. The van der Waals surface area contributed by atoms with Crippen LogP contribution in [-0.2, 0) is 9.84 Å². The number of aryl methyl sites for hydroxylation is 1. The average Bonchev–Trinajstić information content (AvgIpc) is 2.84. The Kier molecular flexibility index (Phi) is 6.38. The van der Waals surface area contributed by atoms with Crippen molar-refractivity contribution in [2.45, 2.75) is 11.8 Å². The Morgan fingerprint density at radius 2 is 1.69 bits per heavy atom. The lowest BCUT2D eigenvalue weighted by Gasteiger charge is -2.10. The number of halogens is 1. The van der Waals surface area contributed by atoms with E-state index in [1.165, 1.54) is 30.3 Å². The van der Waals surface area contributed by atoms with Gasteiger partial charge in [0.1, 0.15) is 16.8 Å². The summed E-state index contributed by atoms with van der Waals surface area (Å²) in [5, 5.41) is 11.3. The second-order valence-corrected chi connectivity index (χ2v) is 9.97. The highest BCUT2D eigenvalue weighted by molar-refractivity contribution is 7.96. The first-order valence-electron chi connectivity index (χ1n) is 10.1. The summed E-state index contributed by atoms with van der Waals surface area (Å²) in [6.07, 6.45) is 2.01. The van der Waals surface area contributed by atoms with E-state index in [1.54, 1.807) is 19.1 Å². The smallest absolute Gasteiger partial charge is 0.269 e. The van der Waals surface area contributed by atoms with E-state index in [4.69, 9.17) is 16.0 Å². The molecule has 0 amide bonds. The molecule has 3 aromatic carbocycles. The Labute approximate surface area is 204 Å². The largest absolute Gasteiger partial charge is 0.463 e. The molecule has 4 rings (SSSR count). The topological polar surface area (TPSA) is 125 Å². The van der Waals surface area contributed by atoms with E-state index in [2.05, 4.69) is 0 Å². The van der Waals surface area contributed by atoms with Gasteiger partial charge in [-0.05, 0) is 55.5 Å². The number of nitrogens with zero attached hydrogens (tertiary/aromatic N) is 1. The van der Waals surface area contributed by atoms with Crippen molar-refractivity contribution in [3.05, 3.63) is 120 Å². The summed E-state index contributed by atoms with van der Waals surface area (Å²) in [4.78, 5) is 35.9. The molecule has 0 aliphatic heterocycles. The standard InChI is InChI=1S/C25H16ClNO7S/c1-15-2-9-20(10-3-15)35(32,33)23(25(29)16-4-7-19(8-5-16)27(30)31)12-17-14-34-22-11-6-18(26)13-21(22)24(17)28/h2-14H,1H3/b23-12-. The third kappa shape index (κ3) is 4.77. The van der Waals surface area contributed by atoms with Crippen LogP contribution in [0.25, 0.3) is 17.0 Å². The lowest BCUT2D eigenvalue weighted by atomic mass is 10.1. The van der Waals surface area contributed by atoms with E-state index in [0.29, 0.717) is 0 Å². The first-order valence-corrected chi connectivity index (χ1v) is 12.0. The van der Waals surface area contributed by atoms with Crippen molar-refractivity contribution >= 4 is 50.0 Å². The van der Waals surface area contributed by atoms with E-state index in [1.807, 2.05) is 0 Å². The Morgan fingerprint density at radius 3 is 2.31 bits per heavy atom. The molecule has 35 heavy (non-hydrogen) atoms. The summed E-state index contributed by atoms with van der Waals surface area (Å²) in [7, 11) is -4.40. The van der Waals surface area contributed by atoms with Crippen molar-refractivity contribution in [1.29, 1.82) is 0 Å². The maximum absolute atomic E-state index is 13.5. The molecule has 0 radical (unpaired) electrons. The number of benzene rings is 3. The first-order chi connectivity index (χ1) is 16.6. The summed E-state index contributed by atoms with van der Waals surface area (Å²) in [6.45, 7) is 1.78. The van der Waals surface area contributed by atoms with Crippen LogP contribution < -0.4 is 5.43 Å². The molecule has 8 nitrogen and oxygen atoms in total. The highest BCUT2D eigenvalue weighted by atomic mass is 35.5. The van der Waals surface area contributed by atoms with Crippen molar-refractivity contribution in [2.75, 3.05) is 0 Å². The number of fused-ring (bicyclic) bond motifs is 1. The van der Waals surface area contributed by atoms with Gasteiger partial charge in [0.2, 0.25) is 15.6 Å². The zero-order valence-corrected chi connectivity index (χ0v) is 19.7. The van der Waals surface area contributed by atoms with Gasteiger partial charge in [-0.1, -0.05) is 29.3 Å². The lowest BCUT2D eigenvalue weighted by molar-refractivity contribution is -0.384. The molecule has 0 saturated heterocycles. The highest BCUT2D eigenvalue weighted by Gasteiger charge is 2.29. The molecule has 0 saturated carbocycles. The van der Waals surface area contributed by atoms with Crippen LogP contribution in [0.5, 0.6) is 0 Å². The normalized spacial score (nSPS) is 12.0. The summed E-state index contributed by atoms with van der Waals surface area (Å²) in [5.41, 5.74) is -0.0849. The molecule has 0 atom stereocenters. The number of non-ortho nitro benzene ring substituents is 1. The van der Waals surface area contributed by atoms with E-state index in [0.717, 1.165) is 42.2 Å². The molecular formula is C25H16ClNO7S. The second kappa shape index (κ2) is 9.28. The maximum Gasteiger partial charge on any atom is 0.269 e. The van der Waals surface area contributed by atoms with E-state index in [9.17, 15) is 28.1 Å². The Hall–Kier alpha value is -4.08. The van der Waals surface area contributed by atoms with Crippen LogP contribution in [0.4, 0.5) is 5.69 Å². The van der Waals surface area contributed by atoms with Gasteiger partial charge >= 0.3 is 0 Å². The fourth-order valence-corrected chi connectivity index (χ4v) is 4.91. The van der Waals surface area contributed by atoms with Crippen molar-refractivity contribution < 1.29 is 22.6 Å². The van der Waals surface area contributed by atoms with E-state index >= 15 is 0 Å². The Balaban J connectivity index is 1.93. The van der Waals surface area contributed by atoms with E-state index in [-0.39, 0.29) is 37.7 Å². The summed E-state index contributed by atoms with van der Waals surface area (Å²) < 4.78 is 32.5. The van der Waals surface area contributed by atoms with Crippen LogP contribution in [0.3, 0.4) is 0 Å². The molecule has 0 bridgehead atoms. The maximum atomic E-state index is 13.5. The average molecular weight is 510 g/mol. The van der Waals surface area contributed by atoms with Crippen LogP contribution in [0.2, 0.25) is 5.02 Å². The van der Waals surface area contributed by atoms with Crippen LogP contribution in [0, 0.1) is 17.0 Å². The number of Topliss-reactive ketones (excluding diaryl/α,β-unsaturated/α-hetero) is 1. The summed E-state index contributed by atoms with van der Waals surface area (Å²) in [5.74, 6) is -0.939. The van der Waals surface area contributed by atoms with Gasteiger partial charge < -0.3 is 4.42 Å². The fourth-order valence-electron chi connectivity index (χ4n) is 3.35. The lowest BCUT2D eigenvalue weighted by Crippen LogP contribution is -2.16. The number of allylic oxidation sites excluding steroid dienone is 1. The molecule has 0 fully saturated rings. The minimum Gasteiger partial charge on any atom is -0.463 e. The van der Waals surface area contributed by atoms with Crippen molar-refractivity contribution in [1.82, 2.24) is 0 Å². The molecule has 176 valence electrons. The number of nitro groups is 1. The molecule has 1 aromatic heterocycles. The Morgan fingerprint density at radius 1 is 1.03 bits per heavy atom. The third-order valence-corrected chi connectivity index (χ3v) is 7.24. The van der Waals surface area contributed by atoms with Gasteiger partial charge in [0.25, 0.3) is 5.69 Å². The molecule has 10 heteroatoms. The SMILES string of the molecule is Cc1ccc(S(=O)(=O)/C(=C\c2coc3ccc(Cl)cc3c2=O)C(=O)c2ccc([N+](=O)[O-])cc2)cc1. The predicted molar refractivity (Wildman–Crippen MR) is 131 cm³/mol. The highest BCUT2D eigenvalue weighted by Crippen LogP contribution is 2.27. The number of hydrogen-bond acceptors (Lipinski definition) is 7. The van der Waals surface area contributed by atoms with E-state index < -0.39 is 30.9 Å². The molecule has 0 spiro atoms. The van der Waals surface area contributed by atoms with Crippen LogP contribution >= 0.6 is 11.6 Å². The molecule has 0 unspecified atom stereocenters. The third-order valence-electron chi connectivity index (χ3n) is 5.23. The van der Waals surface area contributed by atoms with Gasteiger partial charge in [-0.25, -0.2) is 8.42 Å². The summed E-state index contributed by atoms with van der Waals surface area (Å²) in [6, 6.07) is 14.8. The number of carbonyl (C=O) groups is 1. The fraction of sp³-hybridized carbons (Fsp3) is 0.0400. The number of ketones is 1. The van der Waals surface area contributed by atoms with Crippen molar-refractivity contribution in [3.8, 4) is 0 Å². The number of nitro benzene ring substituents is 1. The summed E-state index contributed by atoms with van der Waals surface area (Å²) >= 11 is 5.99. The zero-order valence-electron chi connectivity index (χ0n) is 18.1. The molecule has 0 aliphatic rings. The monoisotopic (exact) mass is 509 g/mol. The minimum absolute atomic E-state index is 0.106. The predicted octanol–water partition coefficient (Wildman–Crippen LogP) is 5.36. The van der Waals surface area contributed by atoms with Crippen molar-refractivity contribution in [2.24, 2.45) is 0 Å². The van der Waals surface area contributed by atoms with Crippen molar-refractivity contribution in [3.63, 3.8) is 0 Å². The first kappa shape index (κ1) is 24.1. The molecule has 0 N–H and O–H groups in total. The molecular weight excluding hydrogens is 494 g/mol. The van der Waals surface area contributed by atoms with Gasteiger partial charge in [0, 0.05) is 22.7 Å².